The lowest BCUT2D eigenvalue weighted by Crippen LogP contribution is -2.04. The molecule has 2 aromatic carbocycles. The maximum Gasteiger partial charge on any atom is 0.227 e. The zero-order chi connectivity index (χ0) is 17.5. The molecule has 0 radical (unpaired) electrons. The smallest absolute Gasteiger partial charge is 0.227 e. The summed E-state index contributed by atoms with van der Waals surface area (Å²) in [6, 6.07) is 17.1. The summed E-state index contributed by atoms with van der Waals surface area (Å²) in [5.74, 6) is 1.30. The van der Waals surface area contributed by atoms with Gasteiger partial charge in [-0.05, 0) is 29.8 Å². The highest BCUT2D eigenvalue weighted by Gasteiger charge is 2.03. The highest BCUT2D eigenvalue weighted by atomic mass is 32.1. The molecule has 1 amide bonds. The molecule has 8 heteroatoms. The second-order valence-electron chi connectivity index (χ2n) is 4.95. The molecule has 0 saturated carbocycles. The molecule has 1 heterocycles. The number of rotatable bonds is 6. The first-order valence-corrected chi connectivity index (χ1v) is 8.24. The Kier molecular flexibility index (Phi) is 5.32. The van der Waals surface area contributed by atoms with Crippen LogP contribution in [0.1, 0.15) is 12.5 Å². The highest BCUT2D eigenvalue weighted by molar-refractivity contribution is 7.19. The molecule has 1 aromatic heterocycles. The number of para-hydroxylation sites is 1. The van der Waals surface area contributed by atoms with Gasteiger partial charge in [-0.25, -0.2) is 0 Å². The van der Waals surface area contributed by atoms with Crippen molar-refractivity contribution in [2.45, 2.75) is 6.92 Å². The van der Waals surface area contributed by atoms with Gasteiger partial charge in [-0.2, -0.15) is 5.10 Å². The number of carbonyl (C=O) groups is 1. The fourth-order valence-electron chi connectivity index (χ4n) is 1.91. The molecular formula is C17H15N5O2S. The number of ether oxygens (including phenoxy) is 1. The summed E-state index contributed by atoms with van der Waals surface area (Å²) in [6.45, 7) is 1.41. The summed E-state index contributed by atoms with van der Waals surface area (Å²) in [5, 5.41) is 15.3. The quantitative estimate of drug-likeness (QED) is 0.521. The predicted octanol–water partition coefficient (Wildman–Crippen LogP) is 3.73. The van der Waals surface area contributed by atoms with Gasteiger partial charge in [-0.1, -0.05) is 41.7 Å². The van der Waals surface area contributed by atoms with Gasteiger partial charge in [0, 0.05) is 6.92 Å². The van der Waals surface area contributed by atoms with Crippen molar-refractivity contribution in [3.63, 3.8) is 0 Å². The minimum atomic E-state index is -0.193. The van der Waals surface area contributed by atoms with E-state index in [2.05, 4.69) is 26.0 Å². The van der Waals surface area contributed by atoms with Crippen molar-refractivity contribution < 1.29 is 9.53 Å². The van der Waals surface area contributed by atoms with Crippen molar-refractivity contribution in [3.05, 3.63) is 60.2 Å². The first-order valence-electron chi connectivity index (χ1n) is 7.42. The Morgan fingerprint density at radius 3 is 2.64 bits per heavy atom. The zero-order valence-corrected chi connectivity index (χ0v) is 14.2. The van der Waals surface area contributed by atoms with Crippen LogP contribution in [0, 0.1) is 0 Å². The Hall–Kier alpha value is -3.26. The van der Waals surface area contributed by atoms with E-state index >= 15 is 0 Å². The van der Waals surface area contributed by atoms with Crippen LogP contribution in [0.2, 0.25) is 0 Å². The summed E-state index contributed by atoms with van der Waals surface area (Å²) in [4.78, 5) is 11.0. The molecule has 25 heavy (non-hydrogen) atoms. The van der Waals surface area contributed by atoms with Gasteiger partial charge in [-0.3, -0.25) is 10.2 Å². The average molecular weight is 353 g/mol. The summed E-state index contributed by atoms with van der Waals surface area (Å²) in [7, 11) is 0. The van der Waals surface area contributed by atoms with Crippen molar-refractivity contribution >= 4 is 33.7 Å². The molecular weight excluding hydrogens is 338 g/mol. The molecule has 7 nitrogen and oxygen atoms in total. The van der Waals surface area contributed by atoms with Gasteiger partial charge in [0.25, 0.3) is 0 Å². The van der Waals surface area contributed by atoms with E-state index < -0.39 is 0 Å². The third-order valence-corrected chi connectivity index (χ3v) is 3.66. The first-order chi connectivity index (χ1) is 12.2. The van der Waals surface area contributed by atoms with E-state index in [0.717, 1.165) is 17.1 Å². The van der Waals surface area contributed by atoms with Gasteiger partial charge >= 0.3 is 0 Å². The van der Waals surface area contributed by atoms with Gasteiger partial charge in [0.05, 0.1) is 6.21 Å². The molecule has 0 atom stereocenters. The molecule has 0 saturated heterocycles. The number of anilines is 2. The van der Waals surface area contributed by atoms with Crippen molar-refractivity contribution in [3.8, 4) is 11.5 Å². The van der Waals surface area contributed by atoms with Crippen LogP contribution in [0.3, 0.4) is 0 Å². The lowest BCUT2D eigenvalue weighted by atomic mass is 10.2. The number of hydrogen-bond acceptors (Lipinski definition) is 7. The van der Waals surface area contributed by atoms with Crippen LogP contribution in [-0.4, -0.2) is 22.3 Å². The molecule has 3 aromatic rings. The Balaban J connectivity index is 1.60. The lowest BCUT2D eigenvalue weighted by Gasteiger charge is -2.05. The predicted molar refractivity (Wildman–Crippen MR) is 98.4 cm³/mol. The molecule has 0 spiro atoms. The number of amides is 1. The molecule has 0 unspecified atom stereocenters. The monoisotopic (exact) mass is 353 g/mol. The van der Waals surface area contributed by atoms with Crippen LogP contribution in [-0.2, 0) is 4.79 Å². The third-order valence-electron chi connectivity index (χ3n) is 2.92. The van der Waals surface area contributed by atoms with Crippen molar-refractivity contribution in [1.82, 2.24) is 10.2 Å². The van der Waals surface area contributed by atoms with Crippen molar-refractivity contribution in [1.29, 1.82) is 0 Å². The number of hydrogen-bond donors (Lipinski definition) is 2. The molecule has 3 rings (SSSR count). The van der Waals surface area contributed by atoms with Crippen molar-refractivity contribution in [2.75, 3.05) is 10.7 Å². The van der Waals surface area contributed by atoms with Gasteiger partial charge in [0.1, 0.15) is 11.5 Å². The number of aromatic nitrogens is 2. The molecule has 2 N–H and O–H groups in total. The van der Waals surface area contributed by atoms with E-state index in [1.54, 1.807) is 6.21 Å². The Bertz CT molecular complexity index is 880. The summed E-state index contributed by atoms with van der Waals surface area (Å²) < 4.78 is 5.78. The standard InChI is InChI=1S/C17H15N5O2S/c1-12(23)19-16-21-22-17(25-16)20-18-11-13-6-5-9-15(10-13)24-14-7-3-2-4-8-14/h2-11H,1H3,(H,20,22)(H,19,21,23)/b18-11+. The van der Waals surface area contributed by atoms with Gasteiger partial charge < -0.3 is 10.1 Å². The summed E-state index contributed by atoms with van der Waals surface area (Å²) >= 11 is 1.20. The first kappa shape index (κ1) is 16.6. The van der Waals surface area contributed by atoms with E-state index in [4.69, 9.17) is 4.74 Å². The van der Waals surface area contributed by atoms with E-state index in [1.807, 2.05) is 54.6 Å². The molecule has 0 fully saturated rings. The molecule has 0 aliphatic rings. The maximum absolute atomic E-state index is 11.0. The largest absolute Gasteiger partial charge is 0.457 e. The van der Waals surface area contributed by atoms with Crippen LogP contribution in [0.15, 0.2) is 59.7 Å². The zero-order valence-electron chi connectivity index (χ0n) is 13.3. The number of hydrazone groups is 1. The molecule has 0 aliphatic heterocycles. The van der Waals surface area contributed by atoms with Gasteiger partial charge in [0.2, 0.25) is 16.2 Å². The number of benzene rings is 2. The second-order valence-corrected chi connectivity index (χ2v) is 5.93. The maximum atomic E-state index is 11.0. The van der Waals surface area contributed by atoms with Gasteiger partial charge in [-0.15, -0.1) is 10.2 Å². The summed E-state index contributed by atoms with van der Waals surface area (Å²) in [6.07, 6.45) is 1.65. The number of nitrogens with one attached hydrogen (secondary N) is 2. The SMILES string of the molecule is CC(=O)Nc1nnc(N/N=C/c2cccc(Oc3ccccc3)c2)s1. The van der Waals surface area contributed by atoms with Crippen LogP contribution in [0.5, 0.6) is 11.5 Å². The number of carbonyl (C=O) groups excluding carboxylic acids is 1. The second kappa shape index (κ2) is 8.02. The van der Waals surface area contributed by atoms with E-state index in [0.29, 0.717) is 10.3 Å². The topological polar surface area (TPSA) is 88.5 Å². The Labute approximate surface area is 148 Å². The lowest BCUT2D eigenvalue weighted by molar-refractivity contribution is -0.114. The third kappa shape index (κ3) is 5.11. The Morgan fingerprint density at radius 1 is 1.08 bits per heavy atom. The fraction of sp³-hybridized carbons (Fsp3) is 0.0588. The van der Waals surface area contributed by atoms with E-state index in [1.165, 1.54) is 18.3 Å². The van der Waals surface area contributed by atoms with Crippen LogP contribution in [0.4, 0.5) is 10.3 Å². The minimum Gasteiger partial charge on any atom is -0.457 e. The number of nitrogens with zero attached hydrogens (tertiary/aromatic N) is 3. The van der Waals surface area contributed by atoms with Crippen LogP contribution >= 0.6 is 11.3 Å². The summed E-state index contributed by atoms with van der Waals surface area (Å²) in [5.41, 5.74) is 3.65. The van der Waals surface area contributed by atoms with Gasteiger partial charge in [0.15, 0.2) is 0 Å². The average Bonchev–Trinajstić information content (AvgIpc) is 3.03. The fourth-order valence-corrected chi connectivity index (χ4v) is 2.55. The minimum absolute atomic E-state index is 0.193. The molecule has 0 aliphatic carbocycles. The normalized spacial score (nSPS) is 10.6. The van der Waals surface area contributed by atoms with E-state index in [9.17, 15) is 4.79 Å². The molecule has 0 bridgehead atoms. The Morgan fingerprint density at radius 2 is 1.84 bits per heavy atom. The molecule has 126 valence electrons. The van der Waals surface area contributed by atoms with Crippen molar-refractivity contribution in [2.24, 2.45) is 5.10 Å². The van der Waals surface area contributed by atoms with Crippen LogP contribution < -0.4 is 15.5 Å². The van der Waals surface area contributed by atoms with E-state index in [-0.39, 0.29) is 5.91 Å². The highest BCUT2D eigenvalue weighted by Crippen LogP contribution is 2.22. The van der Waals surface area contributed by atoms with Crippen LogP contribution in [0.25, 0.3) is 0 Å².